The van der Waals surface area contributed by atoms with Crippen LogP contribution < -0.4 is 0 Å². The normalized spacial score (nSPS) is 16.8. The number of phenolic OH excluding ortho intramolecular Hbond substituents is 2. The highest BCUT2D eigenvalue weighted by atomic mass is 35.5. The van der Waals surface area contributed by atoms with Gasteiger partial charge in [-0.3, -0.25) is 4.79 Å². The Bertz CT molecular complexity index is 1500. The highest BCUT2D eigenvalue weighted by Gasteiger charge is 2.43. The second-order valence-corrected chi connectivity index (χ2v) is 9.38. The summed E-state index contributed by atoms with van der Waals surface area (Å²) in [7, 11) is 0. The summed E-state index contributed by atoms with van der Waals surface area (Å²) in [5.41, 5.74) is 3.38. The zero-order valence-electron chi connectivity index (χ0n) is 19.2. The SMILES string of the molecule is O=C(c1ccc(Cl)cc1)N1C(c2ccccc2)c2c(O)ccc3ccc(O)c(c23)C1c1ccccc1. The maximum atomic E-state index is 14.3. The Balaban J connectivity index is 1.73. The number of carbonyl (C=O) groups is 1. The molecule has 176 valence electrons. The van der Waals surface area contributed by atoms with Gasteiger partial charge in [0.05, 0.1) is 12.1 Å². The van der Waals surface area contributed by atoms with Gasteiger partial charge in [-0.15, -0.1) is 0 Å². The van der Waals surface area contributed by atoms with Gasteiger partial charge in [-0.05, 0) is 52.9 Å². The van der Waals surface area contributed by atoms with Crippen LogP contribution in [0.25, 0.3) is 10.8 Å². The van der Waals surface area contributed by atoms with Crippen LogP contribution in [0.3, 0.4) is 0 Å². The van der Waals surface area contributed by atoms with Crippen molar-refractivity contribution >= 4 is 28.3 Å². The van der Waals surface area contributed by atoms with Gasteiger partial charge in [0.1, 0.15) is 11.5 Å². The van der Waals surface area contributed by atoms with Crippen molar-refractivity contribution in [1.82, 2.24) is 4.90 Å². The standard InChI is InChI=1S/C31H22ClNO3/c32-23-15-11-22(12-16-23)31(36)33-29(20-7-3-1-4-8-20)27-24(34)17-13-19-14-18-25(35)28(26(19)27)30(33)21-9-5-2-6-10-21/h1-18,29-30,34-35H. The fraction of sp³-hybridized carbons (Fsp3) is 0.0645. The van der Waals surface area contributed by atoms with Crippen LogP contribution in [0, 0.1) is 0 Å². The van der Waals surface area contributed by atoms with E-state index >= 15 is 0 Å². The average molecular weight is 492 g/mol. The van der Waals surface area contributed by atoms with Gasteiger partial charge < -0.3 is 15.1 Å². The first-order valence-corrected chi connectivity index (χ1v) is 12.1. The minimum atomic E-state index is -0.599. The van der Waals surface area contributed by atoms with Gasteiger partial charge in [0.2, 0.25) is 0 Å². The van der Waals surface area contributed by atoms with Crippen molar-refractivity contribution in [3.63, 3.8) is 0 Å². The Morgan fingerprint density at radius 1 is 0.639 bits per heavy atom. The van der Waals surface area contributed by atoms with Crippen molar-refractivity contribution in [3.05, 3.63) is 142 Å². The third-order valence-corrected chi connectivity index (χ3v) is 7.13. The van der Waals surface area contributed by atoms with E-state index in [4.69, 9.17) is 11.6 Å². The molecule has 2 N–H and O–H groups in total. The van der Waals surface area contributed by atoms with E-state index in [9.17, 15) is 15.0 Å². The fourth-order valence-corrected chi connectivity index (χ4v) is 5.46. The number of amides is 1. The second kappa shape index (κ2) is 8.74. The third-order valence-electron chi connectivity index (χ3n) is 6.88. The largest absolute Gasteiger partial charge is 0.508 e. The smallest absolute Gasteiger partial charge is 0.255 e. The van der Waals surface area contributed by atoms with Crippen molar-refractivity contribution in [2.45, 2.75) is 12.1 Å². The van der Waals surface area contributed by atoms with E-state index in [-0.39, 0.29) is 17.4 Å². The molecule has 5 aromatic rings. The molecule has 0 bridgehead atoms. The number of rotatable bonds is 3. The number of halogens is 1. The van der Waals surface area contributed by atoms with Crippen molar-refractivity contribution in [3.8, 4) is 11.5 Å². The molecule has 2 unspecified atom stereocenters. The molecule has 0 aliphatic carbocycles. The number of benzene rings is 5. The quantitative estimate of drug-likeness (QED) is 0.279. The number of phenols is 2. The Labute approximate surface area is 213 Å². The van der Waals surface area contributed by atoms with E-state index in [0.29, 0.717) is 21.7 Å². The van der Waals surface area contributed by atoms with Crippen LogP contribution in [0.2, 0.25) is 5.02 Å². The molecule has 1 heterocycles. The predicted molar refractivity (Wildman–Crippen MR) is 141 cm³/mol. The molecule has 6 rings (SSSR count). The van der Waals surface area contributed by atoms with Gasteiger partial charge in [-0.1, -0.05) is 84.4 Å². The molecule has 0 radical (unpaired) electrons. The highest BCUT2D eigenvalue weighted by molar-refractivity contribution is 6.30. The van der Waals surface area contributed by atoms with Crippen LogP contribution in [-0.4, -0.2) is 21.0 Å². The lowest BCUT2D eigenvalue weighted by Gasteiger charge is -2.44. The van der Waals surface area contributed by atoms with Crippen molar-refractivity contribution in [2.24, 2.45) is 0 Å². The van der Waals surface area contributed by atoms with E-state index < -0.39 is 12.1 Å². The number of carbonyl (C=O) groups excluding carboxylic acids is 1. The van der Waals surface area contributed by atoms with E-state index in [1.165, 1.54) is 0 Å². The van der Waals surface area contributed by atoms with Crippen LogP contribution in [0.5, 0.6) is 11.5 Å². The van der Waals surface area contributed by atoms with Crippen LogP contribution >= 0.6 is 11.6 Å². The lowest BCUT2D eigenvalue weighted by Crippen LogP contribution is -2.42. The average Bonchev–Trinajstić information content (AvgIpc) is 2.92. The zero-order valence-corrected chi connectivity index (χ0v) is 19.9. The summed E-state index contributed by atoms with van der Waals surface area (Å²) in [5.74, 6) is -0.0908. The summed E-state index contributed by atoms with van der Waals surface area (Å²) in [4.78, 5) is 16.1. The topological polar surface area (TPSA) is 60.8 Å². The molecule has 1 amide bonds. The minimum absolute atomic E-state index is 0.0728. The van der Waals surface area contributed by atoms with Gasteiger partial charge >= 0.3 is 0 Å². The van der Waals surface area contributed by atoms with E-state index in [0.717, 1.165) is 21.9 Å². The molecule has 2 atom stereocenters. The van der Waals surface area contributed by atoms with Crippen LogP contribution in [0.15, 0.2) is 109 Å². The molecule has 1 aliphatic heterocycles. The minimum Gasteiger partial charge on any atom is -0.508 e. The Morgan fingerprint density at radius 3 is 1.58 bits per heavy atom. The lowest BCUT2D eigenvalue weighted by atomic mass is 9.79. The number of hydrogen-bond donors (Lipinski definition) is 2. The summed E-state index contributed by atoms with van der Waals surface area (Å²) >= 11 is 6.12. The second-order valence-electron chi connectivity index (χ2n) is 8.94. The summed E-state index contributed by atoms with van der Waals surface area (Å²) in [6.45, 7) is 0. The number of hydrogen-bond acceptors (Lipinski definition) is 3. The molecule has 36 heavy (non-hydrogen) atoms. The number of nitrogens with zero attached hydrogens (tertiary/aromatic N) is 1. The molecule has 4 nitrogen and oxygen atoms in total. The van der Waals surface area contributed by atoms with Gasteiger partial charge in [0, 0.05) is 27.1 Å². The molecule has 5 aromatic carbocycles. The summed E-state index contributed by atoms with van der Waals surface area (Å²) in [5, 5.41) is 24.6. The van der Waals surface area contributed by atoms with Gasteiger partial charge in [-0.2, -0.15) is 0 Å². The number of aromatic hydroxyl groups is 2. The first kappa shape index (κ1) is 22.2. The Kier molecular flexibility index (Phi) is 5.39. The van der Waals surface area contributed by atoms with E-state index in [1.807, 2.05) is 72.8 Å². The van der Waals surface area contributed by atoms with Crippen LogP contribution in [0.4, 0.5) is 0 Å². The molecule has 0 saturated heterocycles. The Hall–Kier alpha value is -4.28. The molecule has 0 saturated carbocycles. The zero-order chi connectivity index (χ0) is 24.8. The van der Waals surface area contributed by atoms with Crippen LogP contribution in [0.1, 0.15) is 44.7 Å². The maximum absolute atomic E-state index is 14.3. The first-order valence-electron chi connectivity index (χ1n) is 11.7. The van der Waals surface area contributed by atoms with E-state index in [2.05, 4.69) is 0 Å². The van der Waals surface area contributed by atoms with Gasteiger partial charge in [-0.25, -0.2) is 0 Å². The lowest BCUT2D eigenvalue weighted by molar-refractivity contribution is 0.0634. The molecular formula is C31H22ClNO3. The molecule has 5 heteroatoms. The highest BCUT2D eigenvalue weighted by Crippen LogP contribution is 2.53. The van der Waals surface area contributed by atoms with Gasteiger partial charge in [0.15, 0.2) is 0 Å². The fourth-order valence-electron chi connectivity index (χ4n) is 5.33. The van der Waals surface area contributed by atoms with Crippen molar-refractivity contribution in [1.29, 1.82) is 0 Å². The van der Waals surface area contributed by atoms with Crippen molar-refractivity contribution in [2.75, 3.05) is 0 Å². The monoisotopic (exact) mass is 491 g/mol. The molecule has 0 fully saturated rings. The summed E-state index contributed by atoms with van der Waals surface area (Å²) < 4.78 is 0. The molecule has 0 aromatic heterocycles. The predicted octanol–water partition coefficient (Wildman–Crippen LogP) is 7.24. The molecule has 0 spiro atoms. The van der Waals surface area contributed by atoms with Crippen LogP contribution in [-0.2, 0) is 0 Å². The Morgan fingerprint density at radius 2 is 1.11 bits per heavy atom. The van der Waals surface area contributed by atoms with Crippen molar-refractivity contribution < 1.29 is 15.0 Å². The van der Waals surface area contributed by atoms with Gasteiger partial charge in [0.25, 0.3) is 5.91 Å². The molecule has 1 aliphatic rings. The van der Waals surface area contributed by atoms with E-state index in [1.54, 1.807) is 41.3 Å². The summed E-state index contributed by atoms with van der Waals surface area (Å²) in [6, 6.07) is 32.0. The maximum Gasteiger partial charge on any atom is 0.255 e. The third kappa shape index (κ3) is 3.50. The first-order chi connectivity index (χ1) is 17.5. The summed E-state index contributed by atoms with van der Waals surface area (Å²) in [6.07, 6.45) is 0. The molecular weight excluding hydrogens is 470 g/mol.